The van der Waals surface area contributed by atoms with Gasteiger partial charge in [-0.05, 0) is 49.1 Å². The number of rotatable bonds is 8. The van der Waals surface area contributed by atoms with E-state index >= 15 is 0 Å². The zero-order valence-electron chi connectivity index (χ0n) is 20.0. The van der Waals surface area contributed by atoms with Crippen LogP contribution in [0.3, 0.4) is 0 Å². The molecular formula is C26H26F3N5O3. The fourth-order valence-electron chi connectivity index (χ4n) is 4.09. The summed E-state index contributed by atoms with van der Waals surface area (Å²) in [7, 11) is 0. The quantitative estimate of drug-likeness (QED) is 0.401. The number of anilines is 2. The van der Waals surface area contributed by atoms with Crippen LogP contribution in [0.2, 0.25) is 0 Å². The molecule has 0 bridgehead atoms. The topological polar surface area (TPSA) is 113 Å². The number of hydrogen-bond donors (Lipinski definition) is 3. The molecule has 0 saturated heterocycles. The number of nitrogens with two attached hydrogens (primary N) is 1. The normalized spacial score (nSPS) is 13.7. The highest BCUT2D eigenvalue weighted by Crippen LogP contribution is 2.26. The van der Waals surface area contributed by atoms with Crippen LogP contribution in [0.5, 0.6) is 0 Å². The third-order valence-corrected chi connectivity index (χ3v) is 5.91. The average molecular weight is 514 g/mol. The number of aliphatic hydroxyl groups is 1. The molecule has 4 N–H and O–H groups in total. The molecule has 2 heterocycles. The fraction of sp³-hybridized carbons (Fsp3) is 0.269. The lowest BCUT2D eigenvalue weighted by atomic mass is 10.0. The highest BCUT2D eigenvalue weighted by Gasteiger charge is 2.28. The van der Waals surface area contributed by atoms with Crippen LogP contribution in [-0.2, 0) is 29.0 Å². The molecule has 194 valence electrons. The van der Waals surface area contributed by atoms with E-state index < -0.39 is 35.3 Å². The SMILES string of the molecule is Cc1cc2n(n1)CC(C(=O)Nc1ccc(CCO)cc1)=CN2C(=O)C[C@H](N)Cc1cc(F)c(F)cc1F. The zero-order valence-corrected chi connectivity index (χ0v) is 20.0. The highest BCUT2D eigenvalue weighted by atomic mass is 19.2. The Morgan fingerprint density at radius 1 is 1.11 bits per heavy atom. The number of carbonyl (C=O) groups excluding carboxylic acids is 2. The highest BCUT2D eigenvalue weighted by molar-refractivity contribution is 6.06. The second-order valence-corrected chi connectivity index (χ2v) is 8.87. The van der Waals surface area contributed by atoms with Crippen molar-refractivity contribution >= 4 is 23.3 Å². The van der Waals surface area contributed by atoms with Crippen molar-refractivity contribution in [2.45, 2.75) is 38.8 Å². The van der Waals surface area contributed by atoms with Crippen molar-refractivity contribution < 1.29 is 27.9 Å². The number of aromatic nitrogens is 2. The number of aryl methyl sites for hydroxylation is 1. The lowest BCUT2D eigenvalue weighted by Crippen LogP contribution is -2.38. The monoisotopic (exact) mass is 513 g/mol. The van der Waals surface area contributed by atoms with Gasteiger partial charge in [0.05, 0.1) is 17.8 Å². The van der Waals surface area contributed by atoms with E-state index in [2.05, 4.69) is 10.4 Å². The number of nitrogens with one attached hydrogen (secondary N) is 1. The van der Waals surface area contributed by atoms with Crippen molar-refractivity contribution in [1.82, 2.24) is 9.78 Å². The molecule has 11 heteroatoms. The van der Waals surface area contributed by atoms with Crippen LogP contribution in [0.4, 0.5) is 24.7 Å². The number of benzene rings is 2. The van der Waals surface area contributed by atoms with Crippen LogP contribution in [-0.4, -0.2) is 39.4 Å². The lowest BCUT2D eigenvalue weighted by Gasteiger charge is -2.27. The molecule has 1 aliphatic heterocycles. The van der Waals surface area contributed by atoms with Crippen LogP contribution in [0.25, 0.3) is 0 Å². The first-order valence-electron chi connectivity index (χ1n) is 11.6. The van der Waals surface area contributed by atoms with E-state index in [1.807, 2.05) is 0 Å². The maximum absolute atomic E-state index is 14.0. The first-order valence-corrected chi connectivity index (χ1v) is 11.6. The largest absolute Gasteiger partial charge is 0.396 e. The summed E-state index contributed by atoms with van der Waals surface area (Å²) in [5.74, 6) is -3.92. The van der Waals surface area contributed by atoms with E-state index in [0.717, 1.165) is 11.6 Å². The molecule has 0 radical (unpaired) electrons. The van der Waals surface area contributed by atoms with Gasteiger partial charge in [0.1, 0.15) is 11.6 Å². The Kier molecular flexibility index (Phi) is 7.74. The summed E-state index contributed by atoms with van der Waals surface area (Å²) >= 11 is 0. The molecule has 37 heavy (non-hydrogen) atoms. The molecule has 0 spiro atoms. The van der Waals surface area contributed by atoms with E-state index in [4.69, 9.17) is 10.8 Å². The van der Waals surface area contributed by atoms with Gasteiger partial charge < -0.3 is 16.2 Å². The Hall–Kier alpha value is -3.96. The number of carbonyl (C=O) groups is 2. The molecule has 8 nitrogen and oxygen atoms in total. The number of fused-ring (bicyclic) bond motifs is 1. The smallest absolute Gasteiger partial charge is 0.254 e. The zero-order chi connectivity index (χ0) is 26.7. The minimum Gasteiger partial charge on any atom is -0.396 e. The van der Waals surface area contributed by atoms with Gasteiger partial charge in [-0.1, -0.05) is 12.1 Å². The molecule has 1 aromatic heterocycles. The Morgan fingerprint density at radius 3 is 2.51 bits per heavy atom. The third kappa shape index (κ3) is 6.07. The van der Waals surface area contributed by atoms with Gasteiger partial charge in [0.15, 0.2) is 11.6 Å². The van der Waals surface area contributed by atoms with Gasteiger partial charge in [0.2, 0.25) is 5.91 Å². The Bertz CT molecular complexity index is 1350. The standard InChI is InChI=1S/C26H26F3N5O3/c1-15-8-24-33(25(36)11-19(30)9-17-10-22(28)23(29)12-21(17)27)13-18(14-34(24)32-15)26(37)31-20-4-2-16(3-5-20)6-7-35/h2-5,8,10,12-13,19,35H,6-7,9,11,14,30H2,1H3,(H,31,37)/t19-/m1/s1. The fourth-order valence-corrected chi connectivity index (χ4v) is 4.09. The Balaban J connectivity index is 1.50. The molecule has 1 atom stereocenters. The maximum Gasteiger partial charge on any atom is 0.254 e. The van der Waals surface area contributed by atoms with Crippen LogP contribution in [0, 0.1) is 24.4 Å². The minimum atomic E-state index is -1.31. The average Bonchev–Trinajstić information content (AvgIpc) is 3.23. The van der Waals surface area contributed by atoms with Crippen molar-refractivity contribution in [1.29, 1.82) is 0 Å². The van der Waals surface area contributed by atoms with Crippen LogP contribution in [0.15, 0.2) is 54.2 Å². The second-order valence-electron chi connectivity index (χ2n) is 8.87. The van der Waals surface area contributed by atoms with Gasteiger partial charge in [0.25, 0.3) is 5.91 Å². The molecule has 0 saturated carbocycles. The third-order valence-electron chi connectivity index (χ3n) is 5.91. The number of aliphatic hydroxyl groups excluding tert-OH is 1. The summed E-state index contributed by atoms with van der Waals surface area (Å²) in [6.45, 7) is 1.90. The van der Waals surface area contributed by atoms with Crippen molar-refractivity contribution in [3.05, 3.63) is 88.5 Å². The van der Waals surface area contributed by atoms with Crippen molar-refractivity contribution in [2.24, 2.45) is 5.73 Å². The summed E-state index contributed by atoms with van der Waals surface area (Å²) in [4.78, 5) is 27.4. The van der Waals surface area contributed by atoms with Gasteiger partial charge in [-0.3, -0.25) is 14.5 Å². The summed E-state index contributed by atoms with van der Waals surface area (Å²) in [5.41, 5.74) is 8.29. The molecular weight excluding hydrogens is 487 g/mol. The van der Waals surface area contributed by atoms with E-state index in [1.165, 1.54) is 15.8 Å². The number of halogens is 3. The van der Waals surface area contributed by atoms with E-state index in [0.29, 0.717) is 29.7 Å². The van der Waals surface area contributed by atoms with E-state index in [1.54, 1.807) is 37.3 Å². The van der Waals surface area contributed by atoms with E-state index in [-0.39, 0.29) is 37.1 Å². The molecule has 0 fully saturated rings. The van der Waals surface area contributed by atoms with Gasteiger partial charge in [-0.25, -0.2) is 17.9 Å². The van der Waals surface area contributed by atoms with Gasteiger partial charge in [-0.2, -0.15) is 5.10 Å². The maximum atomic E-state index is 14.0. The summed E-state index contributed by atoms with van der Waals surface area (Å²) in [5, 5.41) is 16.2. The molecule has 0 aliphatic carbocycles. The first kappa shape index (κ1) is 26.1. The van der Waals surface area contributed by atoms with Crippen molar-refractivity contribution in [2.75, 3.05) is 16.8 Å². The molecule has 1 aliphatic rings. The Morgan fingerprint density at radius 2 is 1.81 bits per heavy atom. The van der Waals surface area contributed by atoms with Gasteiger partial charge >= 0.3 is 0 Å². The van der Waals surface area contributed by atoms with Crippen molar-refractivity contribution in [3.8, 4) is 0 Å². The predicted octanol–water partition coefficient (Wildman–Crippen LogP) is 2.97. The molecule has 4 rings (SSSR count). The molecule has 2 aromatic carbocycles. The van der Waals surface area contributed by atoms with Crippen LogP contribution < -0.4 is 16.0 Å². The number of hydrogen-bond acceptors (Lipinski definition) is 5. The Labute approximate surface area is 211 Å². The molecule has 2 amide bonds. The van der Waals surface area contributed by atoms with Gasteiger partial charge in [-0.15, -0.1) is 0 Å². The number of nitrogens with zero attached hydrogens (tertiary/aromatic N) is 3. The molecule has 3 aromatic rings. The predicted molar refractivity (Wildman–Crippen MR) is 131 cm³/mol. The summed E-state index contributed by atoms with van der Waals surface area (Å²) < 4.78 is 42.3. The lowest BCUT2D eigenvalue weighted by molar-refractivity contribution is -0.118. The number of amides is 2. The summed E-state index contributed by atoms with van der Waals surface area (Å²) in [6.07, 6.45) is 1.48. The van der Waals surface area contributed by atoms with Gasteiger partial charge in [0, 0.05) is 43.1 Å². The van der Waals surface area contributed by atoms with Crippen LogP contribution >= 0.6 is 0 Å². The van der Waals surface area contributed by atoms with E-state index in [9.17, 15) is 22.8 Å². The second kappa shape index (κ2) is 11.0. The molecule has 0 unspecified atom stereocenters. The summed E-state index contributed by atoms with van der Waals surface area (Å²) in [6, 6.07) is 8.99. The van der Waals surface area contributed by atoms with Crippen LogP contribution in [0.1, 0.15) is 23.2 Å². The van der Waals surface area contributed by atoms with Crippen molar-refractivity contribution in [3.63, 3.8) is 0 Å². The first-order chi connectivity index (χ1) is 17.6. The minimum absolute atomic E-state index is 0.0213.